The third-order valence-corrected chi connectivity index (χ3v) is 2.82. The van der Waals surface area contributed by atoms with Gasteiger partial charge >= 0.3 is 12.1 Å². The van der Waals surface area contributed by atoms with Crippen molar-refractivity contribution in [3.05, 3.63) is 29.6 Å². The van der Waals surface area contributed by atoms with Gasteiger partial charge < -0.3 is 20.1 Å². The summed E-state index contributed by atoms with van der Waals surface area (Å²) < 4.78 is 23.2. The third kappa shape index (κ3) is 8.69. The second-order valence-corrected chi connectivity index (χ2v) is 6.35. The predicted molar refractivity (Wildman–Crippen MR) is 89.6 cm³/mol. The zero-order chi connectivity index (χ0) is 19.0. The van der Waals surface area contributed by atoms with Crippen LogP contribution in [-0.2, 0) is 19.1 Å². The Bertz CT molecular complexity index is 640. The van der Waals surface area contributed by atoms with E-state index in [-0.39, 0.29) is 18.7 Å². The summed E-state index contributed by atoms with van der Waals surface area (Å²) in [6.07, 6.45) is -0.745. The normalized spacial score (nSPS) is 10.8. The van der Waals surface area contributed by atoms with Crippen LogP contribution in [0.3, 0.4) is 0 Å². The van der Waals surface area contributed by atoms with E-state index < -0.39 is 36.0 Å². The number of halogens is 1. The molecule has 1 rings (SSSR count). The summed E-state index contributed by atoms with van der Waals surface area (Å²) >= 11 is 0. The fourth-order valence-electron chi connectivity index (χ4n) is 1.67. The van der Waals surface area contributed by atoms with Gasteiger partial charge in [-0.3, -0.25) is 9.59 Å². The average molecular weight is 354 g/mol. The van der Waals surface area contributed by atoms with E-state index >= 15 is 0 Å². The second kappa shape index (κ2) is 9.00. The molecule has 0 atom stereocenters. The van der Waals surface area contributed by atoms with Crippen LogP contribution in [0.5, 0.6) is 0 Å². The Labute approximate surface area is 145 Å². The molecule has 2 N–H and O–H groups in total. The van der Waals surface area contributed by atoms with E-state index in [1.54, 1.807) is 33.8 Å². The van der Waals surface area contributed by atoms with Crippen LogP contribution in [0, 0.1) is 12.7 Å². The number of rotatable bonds is 6. The number of nitrogens with one attached hydrogen (secondary N) is 2. The molecule has 0 aliphatic heterocycles. The first kappa shape index (κ1) is 20.4. The van der Waals surface area contributed by atoms with Crippen molar-refractivity contribution >= 4 is 23.7 Å². The Morgan fingerprint density at radius 3 is 2.48 bits per heavy atom. The van der Waals surface area contributed by atoms with Gasteiger partial charge in [-0.05, 0) is 45.4 Å². The highest BCUT2D eigenvalue weighted by Gasteiger charge is 2.16. The number of ether oxygens (including phenoxy) is 2. The van der Waals surface area contributed by atoms with E-state index in [1.165, 1.54) is 12.1 Å². The summed E-state index contributed by atoms with van der Waals surface area (Å²) in [5.41, 5.74) is 0.107. The first-order valence-corrected chi connectivity index (χ1v) is 7.75. The van der Waals surface area contributed by atoms with Crippen LogP contribution in [0.1, 0.15) is 32.8 Å². The summed E-state index contributed by atoms with van der Waals surface area (Å²) in [7, 11) is 0. The Balaban J connectivity index is 2.26. The number of esters is 1. The molecule has 0 spiro atoms. The molecular weight excluding hydrogens is 331 g/mol. The molecule has 0 saturated carbocycles. The predicted octanol–water partition coefficient (Wildman–Crippen LogP) is 2.53. The van der Waals surface area contributed by atoms with E-state index in [9.17, 15) is 18.8 Å². The highest BCUT2D eigenvalue weighted by Crippen LogP contribution is 2.13. The van der Waals surface area contributed by atoms with Crippen LogP contribution in [0.25, 0.3) is 0 Å². The van der Waals surface area contributed by atoms with Gasteiger partial charge in [0.25, 0.3) is 5.91 Å². The quantitative estimate of drug-likeness (QED) is 0.766. The molecule has 0 aliphatic rings. The largest absolute Gasteiger partial charge is 0.456 e. The van der Waals surface area contributed by atoms with Gasteiger partial charge in [0.05, 0.1) is 6.42 Å². The SMILES string of the molecule is Cc1ccc(NC(=O)COC(=O)CCNC(=O)OC(C)(C)C)cc1F. The second-order valence-electron chi connectivity index (χ2n) is 6.35. The minimum Gasteiger partial charge on any atom is -0.456 e. The molecule has 0 unspecified atom stereocenters. The number of carbonyl (C=O) groups excluding carboxylic acids is 3. The van der Waals surface area contributed by atoms with Gasteiger partial charge in [-0.25, -0.2) is 9.18 Å². The van der Waals surface area contributed by atoms with Gasteiger partial charge in [0.15, 0.2) is 6.61 Å². The average Bonchev–Trinajstić information content (AvgIpc) is 2.47. The molecule has 1 aromatic carbocycles. The number of amides is 2. The van der Waals surface area contributed by atoms with E-state index in [0.29, 0.717) is 5.56 Å². The van der Waals surface area contributed by atoms with Crippen LogP contribution >= 0.6 is 0 Å². The number of anilines is 1. The Morgan fingerprint density at radius 2 is 1.88 bits per heavy atom. The summed E-state index contributed by atoms with van der Waals surface area (Å²) in [4.78, 5) is 34.5. The van der Waals surface area contributed by atoms with Crippen LogP contribution in [0.15, 0.2) is 18.2 Å². The molecule has 138 valence electrons. The number of aryl methyl sites for hydroxylation is 1. The van der Waals surface area contributed by atoms with Crippen LogP contribution in [0.2, 0.25) is 0 Å². The maximum atomic E-state index is 13.4. The summed E-state index contributed by atoms with van der Waals surface area (Å²) in [5, 5.41) is 4.82. The van der Waals surface area contributed by atoms with Crippen molar-refractivity contribution < 1.29 is 28.2 Å². The lowest BCUT2D eigenvalue weighted by Crippen LogP contribution is -2.34. The smallest absolute Gasteiger partial charge is 0.407 e. The van der Waals surface area contributed by atoms with Gasteiger partial charge in [0, 0.05) is 12.2 Å². The number of carbonyl (C=O) groups is 3. The molecule has 0 aliphatic carbocycles. The lowest BCUT2D eigenvalue weighted by Gasteiger charge is -2.19. The van der Waals surface area contributed by atoms with Crippen LogP contribution in [0.4, 0.5) is 14.9 Å². The summed E-state index contributed by atoms with van der Waals surface area (Å²) in [6, 6.07) is 4.25. The molecule has 0 radical (unpaired) electrons. The summed E-state index contributed by atoms with van der Waals surface area (Å²) in [6.45, 7) is 6.30. The number of hydrogen-bond donors (Lipinski definition) is 2. The lowest BCUT2D eigenvalue weighted by molar-refractivity contribution is -0.147. The van der Waals surface area contributed by atoms with Crippen molar-refractivity contribution in [1.29, 1.82) is 0 Å². The highest BCUT2D eigenvalue weighted by molar-refractivity contribution is 5.92. The maximum absolute atomic E-state index is 13.4. The van der Waals surface area contributed by atoms with Crippen LogP contribution < -0.4 is 10.6 Å². The zero-order valence-electron chi connectivity index (χ0n) is 14.8. The van der Waals surface area contributed by atoms with Crippen molar-refractivity contribution in [3.63, 3.8) is 0 Å². The molecule has 0 saturated heterocycles. The minimum absolute atomic E-state index is 0.0263. The first-order valence-electron chi connectivity index (χ1n) is 7.75. The fraction of sp³-hybridized carbons (Fsp3) is 0.471. The van der Waals surface area contributed by atoms with E-state index in [4.69, 9.17) is 9.47 Å². The topological polar surface area (TPSA) is 93.7 Å². The maximum Gasteiger partial charge on any atom is 0.407 e. The van der Waals surface area contributed by atoms with Gasteiger partial charge in [-0.1, -0.05) is 6.07 Å². The highest BCUT2D eigenvalue weighted by atomic mass is 19.1. The molecule has 0 aromatic heterocycles. The van der Waals surface area contributed by atoms with E-state index in [0.717, 1.165) is 0 Å². The van der Waals surface area contributed by atoms with Gasteiger partial charge in [-0.15, -0.1) is 0 Å². The molecule has 8 heteroatoms. The van der Waals surface area contributed by atoms with Crippen molar-refractivity contribution in [2.45, 2.75) is 39.7 Å². The molecule has 25 heavy (non-hydrogen) atoms. The summed E-state index contributed by atoms with van der Waals surface area (Å²) in [5.74, 6) is -1.68. The monoisotopic (exact) mass is 354 g/mol. The zero-order valence-corrected chi connectivity index (χ0v) is 14.8. The fourth-order valence-corrected chi connectivity index (χ4v) is 1.67. The standard InChI is InChI=1S/C17H23FN2O5/c1-11-5-6-12(9-13(11)18)20-14(21)10-24-15(22)7-8-19-16(23)25-17(2,3)4/h5-6,9H,7-8,10H2,1-4H3,(H,19,23)(H,20,21). The molecule has 2 amide bonds. The van der Waals surface area contributed by atoms with Gasteiger partial charge in [-0.2, -0.15) is 0 Å². The van der Waals surface area contributed by atoms with Gasteiger partial charge in [0.2, 0.25) is 0 Å². The minimum atomic E-state index is -0.652. The van der Waals surface area contributed by atoms with Crippen molar-refractivity contribution in [3.8, 4) is 0 Å². The third-order valence-electron chi connectivity index (χ3n) is 2.82. The number of alkyl carbamates (subject to hydrolysis) is 1. The molecule has 1 aromatic rings. The van der Waals surface area contributed by atoms with Crippen molar-refractivity contribution in [2.75, 3.05) is 18.5 Å². The Kier molecular flexibility index (Phi) is 7.35. The molecular formula is C17H23FN2O5. The first-order chi connectivity index (χ1) is 11.6. The number of hydrogen-bond acceptors (Lipinski definition) is 5. The van der Waals surface area contributed by atoms with E-state index in [2.05, 4.69) is 10.6 Å². The number of benzene rings is 1. The molecule has 0 heterocycles. The lowest BCUT2D eigenvalue weighted by atomic mass is 10.2. The molecule has 0 bridgehead atoms. The van der Waals surface area contributed by atoms with E-state index in [1.807, 2.05) is 0 Å². The Hall–Kier alpha value is -2.64. The van der Waals surface area contributed by atoms with Crippen molar-refractivity contribution in [2.24, 2.45) is 0 Å². The molecule has 0 fully saturated rings. The van der Waals surface area contributed by atoms with Crippen LogP contribution in [-0.4, -0.2) is 36.7 Å². The van der Waals surface area contributed by atoms with Crippen molar-refractivity contribution in [1.82, 2.24) is 5.32 Å². The Morgan fingerprint density at radius 1 is 1.20 bits per heavy atom. The van der Waals surface area contributed by atoms with Gasteiger partial charge in [0.1, 0.15) is 11.4 Å². The molecule has 7 nitrogen and oxygen atoms in total.